The van der Waals surface area contributed by atoms with Crippen LogP contribution in [0.4, 0.5) is 0 Å². The molecule has 4 heterocycles. The highest BCUT2D eigenvalue weighted by atomic mass is 16.2. The van der Waals surface area contributed by atoms with Gasteiger partial charge in [-0.15, -0.1) is 0 Å². The van der Waals surface area contributed by atoms with Crippen molar-refractivity contribution in [3.8, 4) is 0 Å². The minimum Gasteiger partial charge on any atom is -0.346 e. The van der Waals surface area contributed by atoms with Crippen LogP contribution < -0.4 is 0 Å². The van der Waals surface area contributed by atoms with Crippen LogP contribution in [0.3, 0.4) is 0 Å². The second kappa shape index (κ2) is 5.26. The number of rotatable bonds is 2. The van der Waals surface area contributed by atoms with Crippen molar-refractivity contribution in [2.24, 2.45) is 5.92 Å². The standard InChI is InChI=1S/C18H19N5O/c24-18(11-3-4-11)23-7-1-2-12(10-23)16-15-13(9-21-22-16)8-20-17-14(15)5-6-19-17/h5-6,8-9,11-12H,1-4,7,10H2,(H,19,20). The molecule has 1 atom stereocenters. The van der Waals surface area contributed by atoms with E-state index in [0.29, 0.717) is 5.91 Å². The van der Waals surface area contributed by atoms with Gasteiger partial charge >= 0.3 is 0 Å². The molecule has 1 saturated heterocycles. The number of carbonyl (C=O) groups is 1. The molecule has 0 radical (unpaired) electrons. The summed E-state index contributed by atoms with van der Waals surface area (Å²) in [7, 11) is 0. The molecule has 24 heavy (non-hydrogen) atoms. The van der Waals surface area contributed by atoms with E-state index in [9.17, 15) is 4.79 Å². The number of aromatic nitrogens is 4. The quantitative estimate of drug-likeness (QED) is 0.787. The SMILES string of the molecule is O=C(C1CC1)N1CCCC(c2nncc3cnc4[nH]ccc4c23)C1. The zero-order chi connectivity index (χ0) is 16.1. The summed E-state index contributed by atoms with van der Waals surface area (Å²) in [5.41, 5.74) is 1.88. The largest absolute Gasteiger partial charge is 0.346 e. The lowest BCUT2D eigenvalue weighted by Crippen LogP contribution is -2.40. The molecular weight excluding hydrogens is 302 g/mol. The first-order valence-corrected chi connectivity index (χ1v) is 8.67. The van der Waals surface area contributed by atoms with Gasteiger partial charge in [-0.2, -0.15) is 10.2 Å². The first kappa shape index (κ1) is 13.9. The van der Waals surface area contributed by atoms with Gasteiger partial charge in [0.25, 0.3) is 0 Å². The minimum atomic E-state index is 0.248. The maximum atomic E-state index is 12.4. The third-order valence-electron chi connectivity index (χ3n) is 5.28. The summed E-state index contributed by atoms with van der Waals surface area (Å²) >= 11 is 0. The molecule has 0 aromatic carbocycles. The van der Waals surface area contributed by atoms with Crippen LogP contribution in [0.5, 0.6) is 0 Å². The van der Waals surface area contributed by atoms with Crippen molar-refractivity contribution in [1.29, 1.82) is 0 Å². The Hall–Kier alpha value is -2.50. The van der Waals surface area contributed by atoms with Crippen molar-refractivity contribution in [2.75, 3.05) is 13.1 Å². The maximum absolute atomic E-state index is 12.4. The number of fused-ring (bicyclic) bond motifs is 3. The lowest BCUT2D eigenvalue weighted by Gasteiger charge is -2.33. The molecule has 5 rings (SSSR count). The van der Waals surface area contributed by atoms with Gasteiger partial charge in [-0.05, 0) is 31.7 Å². The van der Waals surface area contributed by atoms with Gasteiger partial charge in [0.1, 0.15) is 5.65 Å². The number of aromatic amines is 1. The Morgan fingerprint density at radius 1 is 1.25 bits per heavy atom. The van der Waals surface area contributed by atoms with Crippen LogP contribution in [0.25, 0.3) is 21.8 Å². The third kappa shape index (κ3) is 2.17. The number of hydrogen-bond acceptors (Lipinski definition) is 4. The number of hydrogen-bond donors (Lipinski definition) is 1. The molecule has 3 aromatic rings. The summed E-state index contributed by atoms with van der Waals surface area (Å²) in [6.45, 7) is 1.64. The lowest BCUT2D eigenvalue weighted by atomic mass is 9.91. The summed E-state index contributed by atoms with van der Waals surface area (Å²) in [6, 6.07) is 2.05. The number of piperidine rings is 1. The molecule has 122 valence electrons. The fourth-order valence-electron chi connectivity index (χ4n) is 3.89. The number of amides is 1. The van der Waals surface area contributed by atoms with E-state index in [1.165, 1.54) is 0 Å². The molecule has 0 spiro atoms. The van der Waals surface area contributed by atoms with Gasteiger partial charge in [0.15, 0.2) is 0 Å². The molecule has 3 aromatic heterocycles. The Morgan fingerprint density at radius 2 is 2.17 bits per heavy atom. The molecule has 2 aliphatic rings. The molecule has 1 N–H and O–H groups in total. The Bertz CT molecular complexity index is 929. The summed E-state index contributed by atoms with van der Waals surface area (Å²) in [5.74, 6) is 0.863. The number of nitrogens with zero attached hydrogens (tertiary/aromatic N) is 4. The zero-order valence-electron chi connectivity index (χ0n) is 13.4. The van der Waals surface area contributed by atoms with Gasteiger partial charge < -0.3 is 9.88 Å². The zero-order valence-corrected chi connectivity index (χ0v) is 13.4. The molecule has 0 bridgehead atoms. The summed E-state index contributed by atoms with van der Waals surface area (Å²) < 4.78 is 0. The topological polar surface area (TPSA) is 74.8 Å². The highest BCUT2D eigenvalue weighted by Crippen LogP contribution is 2.36. The van der Waals surface area contributed by atoms with Gasteiger partial charge in [-0.25, -0.2) is 4.98 Å². The van der Waals surface area contributed by atoms with Crippen molar-refractivity contribution in [1.82, 2.24) is 25.1 Å². The van der Waals surface area contributed by atoms with E-state index in [2.05, 4.69) is 20.2 Å². The van der Waals surface area contributed by atoms with Crippen LogP contribution >= 0.6 is 0 Å². The molecular formula is C18H19N5O. The summed E-state index contributed by atoms with van der Waals surface area (Å²) in [4.78, 5) is 22.1. The van der Waals surface area contributed by atoms with Gasteiger partial charge in [0.05, 0.1) is 11.9 Å². The maximum Gasteiger partial charge on any atom is 0.225 e. The van der Waals surface area contributed by atoms with Crippen LogP contribution in [0, 0.1) is 5.92 Å². The number of carbonyl (C=O) groups excluding carboxylic acids is 1. The predicted molar refractivity (Wildman–Crippen MR) is 90.5 cm³/mol. The lowest BCUT2D eigenvalue weighted by molar-refractivity contribution is -0.133. The fraction of sp³-hybridized carbons (Fsp3) is 0.444. The van der Waals surface area contributed by atoms with E-state index < -0.39 is 0 Å². The molecule has 1 amide bonds. The van der Waals surface area contributed by atoms with Crippen molar-refractivity contribution in [3.05, 3.63) is 30.4 Å². The van der Waals surface area contributed by atoms with Gasteiger partial charge in [0, 0.05) is 53.5 Å². The monoisotopic (exact) mass is 321 g/mol. The molecule has 6 nitrogen and oxygen atoms in total. The molecule has 1 unspecified atom stereocenters. The molecule has 1 aliphatic carbocycles. The Labute approximate surface area is 139 Å². The van der Waals surface area contributed by atoms with Crippen LogP contribution in [-0.2, 0) is 4.79 Å². The molecule has 6 heteroatoms. The first-order valence-electron chi connectivity index (χ1n) is 8.67. The summed E-state index contributed by atoms with van der Waals surface area (Å²) in [6.07, 6.45) is 9.73. The minimum absolute atomic E-state index is 0.248. The highest BCUT2D eigenvalue weighted by molar-refractivity contribution is 6.05. The second-order valence-corrected chi connectivity index (χ2v) is 6.96. The Morgan fingerprint density at radius 3 is 3.04 bits per heavy atom. The van der Waals surface area contributed by atoms with E-state index in [1.54, 1.807) is 6.20 Å². The molecule has 1 aliphatic heterocycles. The average molecular weight is 321 g/mol. The second-order valence-electron chi connectivity index (χ2n) is 6.96. The van der Waals surface area contributed by atoms with E-state index in [4.69, 9.17) is 0 Å². The highest BCUT2D eigenvalue weighted by Gasteiger charge is 2.36. The number of nitrogens with one attached hydrogen (secondary N) is 1. The third-order valence-corrected chi connectivity index (χ3v) is 5.28. The summed E-state index contributed by atoms with van der Waals surface area (Å²) in [5, 5.41) is 11.9. The van der Waals surface area contributed by atoms with Crippen LogP contribution in [0.1, 0.15) is 37.3 Å². The van der Waals surface area contributed by atoms with Crippen molar-refractivity contribution in [3.63, 3.8) is 0 Å². The van der Waals surface area contributed by atoms with Crippen LogP contribution in [-0.4, -0.2) is 44.1 Å². The fourth-order valence-corrected chi connectivity index (χ4v) is 3.89. The smallest absolute Gasteiger partial charge is 0.225 e. The van der Waals surface area contributed by atoms with Gasteiger partial charge in [0.2, 0.25) is 5.91 Å². The van der Waals surface area contributed by atoms with E-state index in [0.717, 1.165) is 66.3 Å². The van der Waals surface area contributed by atoms with Gasteiger partial charge in [-0.1, -0.05) is 0 Å². The van der Waals surface area contributed by atoms with E-state index in [-0.39, 0.29) is 11.8 Å². The van der Waals surface area contributed by atoms with Crippen LogP contribution in [0.2, 0.25) is 0 Å². The van der Waals surface area contributed by atoms with E-state index >= 15 is 0 Å². The molecule has 2 fully saturated rings. The number of H-pyrrole nitrogens is 1. The first-order chi connectivity index (χ1) is 11.8. The number of pyridine rings is 1. The van der Waals surface area contributed by atoms with Gasteiger partial charge in [-0.3, -0.25) is 4.79 Å². The normalized spacial score (nSPS) is 21.5. The van der Waals surface area contributed by atoms with Crippen LogP contribution in [0.15, 0.2) is 24.7 Å². The Kier molecular flexibility index (Phi) is 3.04. The van der Waals surface area contributed by atoms with Crippen molar-refractivity contribution in [2.45, 2.75) is 31.6 Å². The predicted octanol–water partition coefficient (Wildman–Crippen LogP) is 2.62. The van der Waals surface area contributed by atoms with E-state index in [1.807, 2.05) is 23.4 Å². The average Bonchev–Trinajstić information content (AvgIpc) is 3.37. The number of likely N-dealkylation sites (tertiary alicyclic amines) is 1. The Balaban J connectivity index is 1.58. The van der Waals surface area contributed by atoms with Crippen molar-refractivity contribution >= 4 is 27.7 Å². The van der Waals surface area contributed by atoms with Crippen molar-refractivity contribution < 1.29 is 4.79 Å². The molecule has 1 saturated carbocycles.